The second-order valence-corrected chi connectivity index (χ2v) is 10.7. The number of carbonyl (C=O) groups is 2. The maximum Gasteiger partial charge on any atom is 0.268 e. The molecule has 4 fully saturated rings. The van der Waals surface area contributed by atoms with E-state index in [2.05, 4.69) is 15.6 Å². The largest absolute Gasteiger partial charge is 0.392 e. The molecule has 4 aliphatic rings. The second-order valence-electron chi connectivity index (χ2n) is 10.7. The molecule has 2 aromatic rings. The van der Waals surface area contributed by atoms with E-state index >= 15 is 0 Å². The lowest BCUT2D eigenvalue weighted by Crippen LogP contribution is -2.40. The summed E-state index contributed by atoms with van der Waals surface area (Å²) in [5.74, 6) is 2.56. The van der Waals surface area contributed by atoms with Gasteiger partial charge in [-0.15, -0.1) is 0 Å². The predicted octanol–water partition coefficient (Wildman–Crippen LogP) is 1.93. The molecule has 2 heterocycles. The van der Waals surface area contributed by atoms with Gasteiger partial charge in [-0.1, -0.05) is 6.07 Å². The Bertz CT molecular complexity index is 1070. The molecule has 0 aromatic carbocycles. The van der Waals surface area contributed by atoms with Crippen molar-refractivity contribution in [2.24, 2.45) is 28.6 Å². The predicted molar refractivity (Wildman–Crippen MR) is 114 cm³/mol. The van der Waals surface area contributed by atoms with E-state index in [4.69, 9.17) is 0 Å². The molecule has 3 N–H and O–H groups in total. The van der Waals surface area contributed by atoms with E-state index in [-0.39, 0.29) is 24.8 Å². The SMILES string of the molecule is CC(O)CNC(=O)Cc1cn2c(C(=O)NCC34CC5CC5C5(CC5C3)C4)cccc2n1. The zero-order chi connectivity index (χ0) is 21.4. The molecule has 2 aromatic heterocycles. The number of hydrogen-bond donors (Lipinski definition) is 3. The van der Waals surface area contributed by atoms with Gasteiger partial charge < -0.3 is 15.7 Å². The number of hydrogen-bond acceptors (Lipinski definition) is 4. The molecule has 164 valence electrons. The molecule has 6 rings (SSSR count). The second kappa shape index (κ2) is 6.55. The van der Waals surface area contributed by atoms with Crippen molar-refractivity contribution in [1.29, 1.82) is 0 Å². The first-order chi connectivity index (χ1) is 14.9. The van der Waals surface area contributed by atoms with Crippen LogP contribution >= 0.6 is 0 Å². The highest BCUT2D eigenvalue weighted by atomic mass is 16.3. The van der Waals surface area contributed by atoms with Gasteiger partial charge in [0.2, 0.25) is 5.91 Å². The van der Waals surface area contributed by atoms with Gasteiger partial charge in [0.05, 0.1) is 18.2 Å². The Morgan fingerprint density at radius 3 is 3.00 bits per heavy atom. The molecular formula is C24H30N4O3. The molecule has 1 spiro atoms. The van der Waals surface area contributed by atoms with Crippen molar-refractivity contribution >= 4 is 17.5 Å². The maximum atomic E-state index is 13.1. The van der Waals surface area contributed by atoms with E-state index in [1.54, 1.807) is 17.5 Å². The number of nitrogens with zero attached hydrogens (tertiary/aromatic N) is 2. The van der Waals surface area contributed by atoms with Crippen LogP contribution in [0.2, 0.25) is 0 Å². The summed E-state index contributed by atoms with van der Waals surface area (Å²) < 4.78 is 1.77. The van der Waals surface area contributed by atoms with Crippen LogP contribution in [0.25, 0.3) is 5.65 Å². The summed E-state index contributed by atoms with van der Waals surface area (Å²) in [6.07, 6.45) is 8.05. The minimum Gasteiger partial charge on any atom is -0.392 e. The van der Waals surface area contributed by atoms with Gasteiger partial charge in [-0.05, 0) is 79.7 Å². The molecule has 2 bridgehead atoms. The van der Waals surface area contributed by atoms with E-state index in [1.165, 1.54) is 32.1 Å². The Balaban J connectivity index is 1.14. The number of imidazole rings is 1. The first kappa shape index (κ1) is 19.3. The smallest absolute Gasteiger partial charge is 0.268 e. The summed E-state index contributed by atoms with van der Waals surface area (Å²) in [4.78, 5) is 29.7. The van der Waals surface area contributed by atoms with E-state index in [1.807, 2.05) is 18.2 Å². The van der Waals surface area contributed by atoms with Crippen molar-refractivity contribution in [2.45, 2.75) is 51.6 Å². The Kier molecular flexibility index (Phi) is 4.07. The normalized spacial score (nSPS) is 35.2. The van der Waals surface area contributed by atoms with Gasteiger partial charge in [0.25, 0.3) is 5.91 Å². The van der Waals surface area contributed by atoms with E-state index < -0.39 is 6.10 Å². The van der Waals surface area contributed by atoms with E-state index in [0.717, 1.165) is 24.3 Å². The minimum absolute atomic E-state index is 0.0741. The number of aliphatic hydroxyl groups excluding tert-OH is 1. The van der Waals surface area contributed by atoms with E-state index in [9.17, 15) is 14.7 Å². The summed E-state index contributed by atoms with van der Waals surface area (Å²) >= 11 is 0. The van der Waals surface area contributed by atoms with Crippen LogP contribution in [0.4, 0.5) is 0 Å². The van der Waals surface area contributed by atoms with Crippen LogP contribution in [0.15, 0.2) is 24.4 Å². The molecule has 7 heteroatoms. The van der Waals surface area contributed by atoms with E-state index in [0.29, 0.717) is 27.9 Å². The van der Waals surface area contributed by atoms with Crippen molar-refractivity contribution in [2.75, 3.05) is 13.1 Å². The fraction of sp³-hybridized carbons (Fsp3) is 0.625. The molecule has 0 radical (unpaired) electrons. The van der Waals surface area contributed by atoms with Crippen molar-refractivity contribution in [3.8, 4) is 0 Å². The fourth-order valence-corrected chi connectivity index (χ4v) is 7.04. The highest BCUT2D eigenvalue weighted by Crippen LogP contribution is 2.83. The monoisotopic (exact) mass is 422 g/mol. The Labute approximate surface area is 181 Å². The number of carbonyl (C=O) groups excluding carboxylic acids is 2. The first-order valence-electron chi connectivity index (χ1n) is 11.6. The van der Waals surface area contributed by atoms with Crippen molar-refractivity contribution in [3.05, 3.63) is 35.8 Å². The van der Waals surface area contributed by atoms with Gasteiger partial charge in [0.15, 0.2) is 0 Å². The molecule has 31 heavy (non-hydrogen) atoms. The lowest BCUT2D eigenvalue weighted by atomic mass is 9.71. The molecule has 6 atom stereocenters. The highest BCUT2D eigenvalue weighted by Gasteiger charge is 2.76. The van der Waals surface area contributed by atoms with Crippen LogP contribution in [0.3, 0.4) is 0 Å². The van der Waals surface area contributed by atoms with Crippen molar-refractivity contribution in [1.82, 2.24) is 20.0 Å². The van der Waals surface area contributed by atoms with Crippen LogP contribution in [0.1, 0.15) is 55.2 Å². The molecule has 7 nitrogen and oxygen atoms in total. The van der Waals surface area contributed by atoms with Crippen LogP contribution in [0.5, 0.6) is 0 Å². The molecule has 6 unspecified atom stereocenters. The molecule has 0 saturated heterocycles. The van der Waals surface area contributed by atoms with Gasteiger partial charge in [-0.3, -0.25) is 14.0 Å². The summed E-state index contributed by atoms with van der Waals surface area (Å²) in [5, 5.41) is 15.2. The number of pyridine rings is 1. The summed E-state index contributed by atoms with van der Waals surface area (Å²) in [6, 6.07) is 5.49. The van der Waals surface area contributed by atoms with Crippen molar-refractivity contribution < 1.29 is 14.7 Å². The van der Waals surface area contributed by atoms with Gasteiger partial charge in [-0.2, -0.15) is 0 Å². The van der Waals surface area contributed by atoms with Gasteiger partial charge in [0, 0.05) is 19.3 Å². The van der Waals surface area contributed by atoms with Crippen LogP contribution in [-0.4, -0.2) is 45.5 Å². The lowest BCUT2D eigenvalue weighted by Gasteiger charge is -2.36. The number of nitrogens with one attached hydrogen (secondary N) is 2. The number of aromatic nitrogens is 2. The Hall–Kier alpha value is -2.41. The lowest BCUT2D eigenvalue weighted by molar-refractivity contribution is -0.120. The summed E-state index contributed by atoms with van der Waals surface area (Å²) in [7, 11) is 0. The summed E-state index contributed by atoms with van der Waals surface area (Å²) in [6.45, 7) is 2.61. The van der Waals surface area contributed by atoms with Gasteiger partial charge >= 0.3 is 0 Å². The third kappa shape index (κ3) is 3.16. The number of aliphatic hydroxyl groups is 1. The number of fused-ring (bicyclic) bond motifs is 3. The zero-order valence-electron chi connectivity index (χ0n) is 17.9. The quantitative estimate of drug-likeness (QED) is 0.635. The average Bonchev–Trinajstić information content (AvgIpc) is 3.57. The third-order valence-electron chi connectivity index (χ3n) is 8.35. The third-order valence-corrected chi connectivity index (χ3v) is 8.35. The van der Waals surface area contributed by atoms with Crippen molar-refractivity contribution in [3.63, 3.8) is 0 Å². The minimum atomic E-state index is -0.588. The first-order valence-corrected chi connectivity index (χ1v) is 11.6. The van der Waals surface area contributed by atoms with Crippen LogP contribution < -0.4 is 10.6 Å². The Morgan fingerprint density at radius 1 is 1.29 bits per heavy atom. The Morgan fingerprint density at radius 2 is 2.16 bits per heavy atom. The molecule has 2 amide bonds. The van der Waals surface area contributed by atoms with Crippen LogP contribution in [0, 0.1) is 28.6 Å². The molecule has 4 saturated carbocycles. The van der Waals surface area contributed by atoms with Crippen LogP contribution in [-0.2, 0) is 11.2 Å². The summed E-state index contributed by atoms with van der Waals surface area (Å²) in [5.41, 5.74) is 2.78. The average molecular weight is 423 g/mol. The number of amides is 2. The number of rotatable bonds is 7. The maximum absolute atomic E-state index is 13.1. The fourth-order valence-electron chi connectivity index (χ4n) is 7.04. The van der Waals surface area contributed by atoms with Gasteiger partial charge in [0.1, 0.15) is 11.3 Å². The zero-order valence-corrected chi connectivity index (χ0v) is 17.9. The highest BCUT2D eigenvalue weighted by molar-refractivity contribution is 5.93. The topological polar surface area (TPSA) is 95.7 Å². The molecular weight excluding hydrogens is 392 g/mol. The van der Waals surface area contributed by atoms with Gasteiger partial charge in [-0.25, -0.2) is 4.98 Å². The molecule has 4 aliphatic carbocycles. The molecule has 0 aliphatic heterocycles. The standard InChI is InChI=1S/C24H30N4O3/c1-14(29)10-25-21(30)6-17-11-28-19(3-2-4-20(28)27-17)22(31)26-13-23-7-15-5-18(15)24(12-23)9-16(24)8-23/h2-4,11,14-16,18,29H,5-10,12-13H2,1H3,(H,25,30)(H,26,31).